The predicted molar refractivity (Wildman–Crippen MR) is 147 cm³/mol. The van der Waals surface area contributed by atoms with Crippen LogP contribution in [0.2, 0.25) is 0 Å². The highest BCUT2D eigenvalue weighted by Crippen LogP contribution is 2.29. The number of likely N-dealkylation sites (tertiary alicyclic amines) is 1. The molecule has 6 heteroatoms. The number of piperidine rings is 1. The number of fused-ring (bicyclic) bond motifs is 1. The van der Waals surface area contributed by atoms with Gasteiger partial charge in [-0.1, -0.05) is 42.2 Å². The summed E-state index contributed by atoms with van der Waals surface area (Å²) in [4.78, 5) is 33.3. The maximum atomic E-state index is 12.5. The van der Waals surface area contributed by atoms with Crippen molar-refractivity contribution >= 4 is 11.8 Å². The molecule has 6 nitrogen and oxygen atoms in total. The number of amides is 2. The number of unbranched alkanes of at least 4 members (excludes halogenated alkanes) is 2. The fourth-order valence-electron chi connectivity index (χ4n) is 5.03. The molecule has 194 valence electrons. The van der Waals surface area contributed by atoms with Crippen LogP contribution in [-0.2, 0) is 4.74 Å². The molecule has 0 N–H and O–H groups in total. The third-order valence-electron chi connectivity index (χ3n) is 7.18. The number of imide groups is 1. The van der Waals surface area contributed by atoms with Crippen molar-refractivity contribution in [2.75, 3.05) is 26.7 Å². The molecule has 5 rings (SSSR count). The summed E-state index contributed by atoms with van der Waals surface area (Å²) >= 11 is 0. The van der Waals surface area contributed by atoms with E-state index in [9.17, 15) is 9.59 Å². The lowest BCUT2D eigenvalue weighted by Gasteiger charge is -2.32. The first-order chi connectivity index (χ1) is 18.6. The standard InChI is InChI=1S/C32H33N3O3/c1-34-21-17-26(18-22-34)38-30(29-16-7-8-19-33-29)25-13-10-12-24(23-25)11-4-2-3-9-20-35-31(36)27-14-5-6-15-28(27)32(35)37/h5-8,10,12-16,19,23,26,30H,2-3,9,17-18,20-22H2,1H3. The normalized spacial score (nSPS) is 16.7. The lowest BCUT2D eigenvalue weighted by atomic mass is 10.0. The van der Waals surface area contributed by atoms with E-state index in [1.165, 1.54) is 4.90 Å². The summed E-state index contributed by atoms with van der Waals surface area (Å²) in [7, 11) is 2.15. The van der Waals surface area contributed by atoms with E-state index in [4.69, 9.17) is 4.74 Å². The van der Waals surface area contributed by atoms with Crippen LogP contribution in [0.4, 0.5) is 0 Å². The van der Waals surface area contributed by atoms with Crippen molar-refractivity contribution in [2.24, 2.45) is 0 Å². The molecule has 3 aromatic rings. The number of rotatable bonds is 8. The minimum absolute atomic E-state index is 0.196. The van der Waals surface area contributed by atoms with Gasteiger partial charge in [0.05, 0.1) is 22.9 Å². The molecular formula is C32H33N3O3. The minimum atomic E-state index is -0.231. The molecule has 1 fully saturated rings. The zero-order valence-corrected chi connectivity index (χ0v) is 21.8. The second-order valence-corrected chi connectivity index (χ2v) is 9.97. The third-order valence-corrected chi connectivity index (χ3v) is 7.18. The number of carbonyl (C=O) groups is 2. The molecule has 1 saturated heterocycles. The summed E-state index contributed by atoms with van der Waals surface area (Å²) < 4.78 is 6.62. The number of ether oxygens (including phenoxy) is 1. The van der Waals surface area contributed by atoms with Crippen LogP contribution in [0.15, 0.2) is 72.9 Å². The molecule has 0 spiro atoms. The number of nitrogens with zero attached hydrogens (tertiary/aromatic N) is 3. The molecule has 2 aliphatic rings. The van der Waals surface area contributed by atoms with Crippen molar-refractivity contribution in [3.05, 3.63) is 101 Å². The zero-order chi connectivity index (χ0) is 26.3. The molecule has 1 aromatic heterocycles. The lowest BCUT2D eigenvalue weighted by molar-refractivity contribution is -0.0250. The molecule has 2 aliphatic heterocycles. The van der Waals surface area contributed by atoms with Crippen LogP contribution >= 0.6 is 0 Å². The van der Waals surface area contributed by atoms with Crippen LogP contribution in [0.25, 0.3) is 0 Å². The van der Waals surface area contributed by atoms with Gasteiger partial charge < -0.3 is 9.64 Å². The highest BCUT2D eigenvalue weighted by molar-refractivity contribution is 6.21. The minimum Gasteiger partial charge on any atom is -0.364 e. The summed E-state index contributed by atoms with van der Waals surface area (Å²) in [6.07, 6.45) is 6.05. The summed E-state index contributed by atoms with van der Waals surface area (Å²) in [6.45, 7) is 2.50. The third kappa shape index (κ3) is 6.02. The SMILES string of the molecule is CN1CCC(OC(c2cccc(C#CCCCCN3C(=O)c4ccccc4C3=O)c2)c2ccccn2)CC1. The Morgan fingerprint density at radius 2 is 1.68 bits per heavy atom. The summed E-state index contributed by atoms with van der Waals surface area (Å²) in [5.74, 6) is 6.15. The van der Waals surface area contributed by atoms with Gasteiger partial charge in [-0.05, 0) is 74.7 Å². The van der Waals surface area contributed by atoms with Crippen molar-refractivity contribution in [1.29, 1.82) is 0 Å². The second kappa shape index (κ2) is 12.2. The van der Waals surface area contributed by atoms with Crippen molar-refractivity contribution in [3.63, 3.8) is 0 Å². The van der Waals surface area contributed by atoms with Gasteiger partial charge in [-0.2, -0.15) is 0 Å². The largest absolute Gasteiger partial charge is 0.364 e. The van der Waals surface area contributed by atoms with E-state index in [-0.39, 0.29) is 24.0 Å². The molecule has 3 heterocycles. The van der Waals surface area contributed by atoms with E-state index in [0.29, 0.717) is 24.1 Å². The first-order valence-electron chi connectivity index (χ1n) is 13.4. The Morgan fingerprint density at radius 3 is 2.39 bits per heavy atom. The Labute approximate surface area is 224 Å². The zero-order valence-electron chi connectivity index (χ0n) is 21.8. The van der Waals surface area contributed by atoms with Crippen molar-refractivity contribution in [3.8, 4) is 11.8 Å². The average molecular weight is 508 g/mol. The molecule has 1 atom stereocenters. The van der Waals surface area contributed by atoms with Gasteiger partial charge in [0.1, 0.15) is 6.10 Å². The summed E-state index contributed by atoms with van der Waals surface area (Å²) in [5, 5.41) is 0. The number of aromatic nitrogens is 1. The quantitative estimate of drug-likeness (QED) is 0.241. The van der Waals surface area contributed by atoms with Gasteiger partial charge in [0.25, 0.3) is 11.8 Å². The molecule has 0 aliphatic carbocycles. The van der Waals surface area contributed by atoms with Gasteiger partial charge in [0.2, 0.25) is 0 Å². The topological polar surface area (TPSA) is 62.7 Å². The number of pyridine rings is 1. The van der Waals surface area contributed by atoms with E-state index in [1.807, 2.05) is 36.5 Å². The van der Waals surface area contributed by atoms with Crippen LogP contribution in [-0.4, -0.2) is 59.4 Å². The van der Waals surface area contributed by atoms with Crippen LogP contribution in [0.5, 0.6) is 0 Å². The van der Waals surface area contributed by atoms with E-state index in [2.05, 4.69) is 40.9 Å². The fourth-order valence-corrected chi connectivity index (χ4v) is 5.03. The second-order valence-electron chi connectivity index (χ2n) is 9.97. The van der Waals surface area contributed by atoms with Gasteiger partial charge in [0, 0.05) is 37.8 Å². The molecule has 0 radical (unpaired) electrons. The van der Waals surface area contributed by atoms with Crippen LogP contribution < -0.4 is 0 Å². The monoisotopic (exact) mass is 507 g/mol. The van der Waals surface area contributed by atoms with Crippen LogP contribution in [0.1, 0.15) is 75.7 Å². The van der Waals surface area contributed by atoms with E-state index < -0.39 is 0 Å². The molecule has 0 saturated carbocycles. The van der Waals surface area contributed by atoms with Crippen LogP contribution in [0, 0.1) is 11.8 Å². The summed E-state index contributed by atoms with van der Waals surface area (Å²) in [5.41, 5.74) is 3.91. The van der Waals surface area contributed by atoms with Crippen molar-refractivity contribution in [2.45, 2.75) is 44.3 Å². The molecule has 2 amide bonds. The van der Waals surface area contributed by atoms with Gasteiger partial charge in [-0.3, -0.25) is 19.5 Å². The molecule has 0 bridgehead atoms. The molecule has 38 heavy (non-hydrogen) atoms. The predicted octanol–water partition coefficient (Wildman–Crippen LogP) is 5.10. The van der Waals surface area contributed by atoms with E-state index in [0.717, 1.165) is 55.6 Å². The number of hydrogen-bond donors (Lipinski definition) is 0. The fraction of sp³-hybridized carbons (Fsp3) is 0.344. The van der Waals surface area contributed by atoms with E-state index >= 15 is 0 Å². The van der Waals surface area contributed by atoms with Crippen molar-refractivity contribution < 1.29 is 14.3 Å². The number of benzene rings is 2. The lowest BCUT2D eigenvalue weighted by Crippen LogP contribution is -2.35. The number of carbonyl (C=O) groups excluding carboxylic acids is 2. The first kappa shape index (κ1) is 25.8. The maximum absolute atomic E-state index is 12.5. The molecule has 1 unspecified atom stereocenters. The Balaban J connectivity index is 1.18. The molecular weight excluding hydrogens is 474 g/mol. The number of hydrogen-bond acceptors (Lipinski definition) is 5. The Kier molecular flexibility index (Phi) is 8.28. The highest BCUT2D eigenvalue weighted by atomic mass is 16.5. The first-order valence-corrected chi connectivity index (χ1v) is 13.4. The van der Waals surface area contributed by atoms with Gasteiger partial charge >= 0.3 is 0 Å². The van der Waals surface area contributed by atoms with Gasteiger partial charge in [0.15, 0.2) is 0 Å². The Bertz CT molecular complexity index is 1300. The maximum Gasteiger partial charge on any atom is 0.261 e. The molecule has 2 aromatic carbocycles. The Morgan fingerprint density at radius 1 is 0.947 bits per heavy atom. The van der Waals surface area contributed by atoms with Crippen LogP contribution in [0.3, 0.4) is 0 Å². The smallest absolute Gasteiger partial charge is 0.261 e. The average Bonchev–Trinajstić information content (AvgIpc) is 3.20. The van der Waals surface area contributed by atoms with E-state index in [1.54, 1.807) is 24.3 Å². The highest BCUT2D eigenvalue weighted by Gasteiger charge is 2.34. The van der Waals surface area contributed by atoms with Gasteiger partial charge in [-0.15, -0.1) is 0 Å². The van der Waals surface area contributed by atoms with Crippen molar-refractivity contribution in [1.82, 2.24) is 14.8 Å². The Hall–Kier alpha value is -3.79. The summed E-state index contributed by atoms with van der Waals surface area (Å²) in [6, 6.07) is 21.2. The van der Waals surface area contributed by atoms with Gasteiger partial charge in [-0.25, -0.2) is 0 Å².